The third kappa shape index (κ3) is 3.76. The summed E-state index contributed by atoms with van der Waals surface area (Å²) in [5, 5.41) is 0. The molecule has 33 heavy (non-hydrogen) atoms. The molecule has 0 saturated heterocycles. The molecule has 0 aliphatic carbocycles. The van der Waals surface area contributed by atoms with Crippen LogP contribution in [0, 0.1) is 0 Å². The molecule has 0 spiro atoms. The van der Waals surface area contributed by atoms with Gasteiger partial charge in [-0.1, -0.05) is 54.7 Å². The SMILES string of the molecule is CCC1=C(C(=O)OC)[C@H](c2ccccc2)n2c(s/c(=C/c3ccc4c(c3)OCCO4)c2=O)=N1. The predicted molar refractivity (Wildman–Crippen MR) is 124 cm³/mol. The van der Waals surface area contributed by atoms with E-state index in [4.69, 9.17) is 14.2 Å². The van der Waals surface area contributed by atoms with Crippen molar-refractivity contribution in [1.29, 1.82) is 0 Å². The van der Waals surface area contributed by atoms with Gasteiger partial charge in [0, 0.05) is 0 Å². The number of carbonyl (C=O) groups is 1. The number of esters is 1. The number of rotatable bonds is 4. The number of carbonyl (C=O) groups excluding carboxylic acids is 1. The molecule has 2 aliphatic rings. The van der Waals surface area contributed by atoms with Gasteiger partial charge in [0.1, 0.15) is 13.2 Å². The van der Waals surface area contributed by atoms with Crippen LogP contribution in [0.2, 0.25) is 0 Å². The number of ether oxygens (including phenoxy) is 3. The molecular formula is C25H22N2O5S. The molecule has 7 nitrogen and oxygen atoms in total. The summed E-state index contributed by atoms with van der Waals surface area (Å²) >= 11 is 1.30. The van der Waals surface area contributed by atoms with Crippen molar-refractivity contribution in [3.63, 3.8) is 0 Å². The van der Waals surface area contributed by atoms with Crippen LogP contribution in [-0.2, 0) is 9.53 Å². The maximum absolute atomic E-state index is 13.6. The van der Waals surface area contributed by atoms with E-state index >= 15 is 0 Å². The van der Waals surface area contributed by atoms with Gasteiger partial charge in [-0.05, 0) is 35.8 Å². The lowest BCUT2D eigenvalue weighted by Gasteiger charge is -2.25. The van der Waals surface area contributed by atoms with Gasteiger partial charge in [-0.15, -0.1) is 0 Å². The summed E-state index contributed by atoms with van der Waals surface area (Å²) < 4.78 is 18.4. The quantitative estimate of drug-likeness (QED) is 0.557. The second-order valence-electron chi connectivity index (χ2n) is 7.60. The first-order valence-electron chi connectivity index (χ1n) is 10.7. The molecule has 0 unspecified atom stereocenters. The summed E-state index contributed by atoms with van der Waals surface area (Å²) in [6, 6.07) is 14.5. The number of methoxy groups -OCH3 is 1. The minimum Gasteiger partial charge on any atom is -0.486 e. The van der Waals surface area contributed by atoms with Gasteiger partial charge in [-0.25, -0.2) is 9.79 Å². The number of hydrogen-bond acceptors (Lipinski definition) is 7. The van der Waals surface area contributed by atoms with Gasteiger partial charge in [-0.3, -0.25) is 9.36 Å². The Morgan fingerprint density at radius 3 is 2.67 bits per heavy atom. The van der Waals surface area contributed by atoms with Crippen LogP contribution in [-0.4, -0.2) is 30.9 Å². The Hall–Kier alpha value is -3.65. The highest BCUT2D eigenvalue weighted by atomic mass is 32.1. The Labute approximate surface area is 193 Å². The van der Waals surface area contributed by atoms with E-state index in [-0.39, 0.29) is 5.56 Å². The summed E-state index contributed by atoms with van der Waals surface area (Å²) in [6.07, 6.45) is 2.36. The van der Waals surface area contributed by atoms with Crippen LogP contribution in [0.1, 0.15) is 30.5 Å². The molecule has 1 atom stereocenters. The predicted octanol–water partition coefficient (Wildman–Crippen LogP) is 2.57. The van der Waals surface area contributed by atoms with Crippen molar-refractivity contribution in [3.8, 4) is 11.5 Å². The lowest BCUT2D eigenvalue weighted by atomic mass is 9.95. The third-order valence-electron chi connectivity index (χ3n) is 5.63. The summed E-state index contributed by atoms with van der Waals surface area (Å²) in [5.41, 5.74) is 2.46. The number of thiazole rings is 1. The number of nitrogens with zero attached hydrogens (tertiary/aromatic N) is 2. The van der Waals surface area contributed by atoms with E-state index in [0.717, 1.165) is 11.1 Å². The van der Waals surface area contributed by atoms with E-state index < -0.39 is 12.0 Å². The first-order chi connectivity index (χ1) is 16.1. The van der Waals surface area contributed by atoms with Gasteiger partial charge in [0.15, 0.2) is 16.3 Å². The normalized spacial score (nSPS) is 17.4. The molecule has 0 radical (unpaired) electrons. The summed E-state index contributed by atoms with van der Waals surface area (Å²) in [6.45, 7) is 2.95. The van der Waals surface area contributed by atoms with Gasteiger partial charge < -0.3 is 14.2 Å². The molecule has 1 aromatic heterocycles. The molecule has 8 heteroatoms. The van der Waals surface area contributed by atoms with Gasteiger partial charge in [-0.2, -0.15) is 0 Å². The molecule has 3 heterocycles. The van der Waals surface area contributed by atoms with Crippen molar-refractivity contribution in [2.45, 2.75) is 19.4 Å². The zero-order valence-electron chi connectivity index (χ0n) is 18.2. The highest BCUT2D eigenvalue weighted by Crippen LogP contribution is 2.32. The molecule has 5 rings (SSSR count). The van der Waals surface area contributed by atoms with E-state index in [2.05, 4.69) is 4.99 Å². The monoisotopic (exact) mass is 462 g/mol. The highest BCUT2D eigenvalue weighted by Gasteiger charge is 2.33. The number of benzene rings is 2. The molecule has 2 aliphatic heterocycles. The standard InChI is InChI=1S/C25H22N2O5S/c1-3-17-21(24(29)30-2)22(16-7-5-4-6-8-16)27-23(28)20(33-25(27)26-17)14-15-9-10-18-19(13-15)32-12-11-31-18/h4-10,13-14,22H,3,11-12H2,1-2H3/b20-14+/t22-/m0/s1. The van der Waals surface area contributed by atoms with Gasteiger partial charge in [0.05, 0.1) is 29.0 Å². The van der Waals surface area contributed by atoms with Crippen LogP contribution in [0.3, 0.4) is 0 Å². The van der Waals surface area contributed by atoms with Gasteiger partial charge in [0.25, 0.3) is 5.56 Å². The van der Waals surface area contributed by atoms with Crippen LogP contribution in [0.25, 0.3) is 6.08 Å². The van der Waals surface area contributed by atoms with Crippen LogP contribution in [0.15, 0.2) is 69.6 Å². The Bertz CT molecular complexity index is 1440. The Morgan fingerprint density at radius 1 is 1.18 bits per heavy atom. The second-order valence-corrected chi connectivity index (χ2v) is 8.61. The van der Waals surface area contributed by atoms with E-state index in [1.807, 2.05) is 61.5 Å². The first kappa shape index (κ1) is 21.2. The van der Waals surface area contributed by atoms with Crippen molar-refractivity contribution in [2.75, 3.05) is 20.3 Å². The molecule has 0 N–H and O–H groups in total. The molecule has 0 saturated carbocycles. The molecule has 168 valence electrons. The fourth-order valence-corrected chi connectivity index (χ4v) is 5.14. The molecule has 0 amide bonds. The summed E-state index contributed by atoms with van der Waals surface area (Å²) in [7, 11) is 1.34. The van der Waals surface area contributed by atoms with E-state index in [0.29, 0.717) is 51.7 Å². The van der Waals surface area contributed by atoms with E-state index in [1.54, 1.807) is 4.57 Å². The van der Waals surface area contributed by atoms with Crippen LogP contribution >= 0.6 is 11.3 Å². The minimum atomic E-state index is -0.604. The maximum Gasteiger partial charge on any atom is 0.338 e. The lowest BCUT2D eigenvalue weighted by molar-refractivity contribution is -0.136. The highest BCUT2D eigenvalue weighted by molar-refractivity contribution is 7.07. The lowest BCUT2D eigenvalue weighted by Crippen LogP contribution is -2.40. The fourth-order valence-electron chi connectivity index (χ4n) is 4.12. The summed E-state index contributed by atoms with van der Waals surface area (Å²) in [4.78, 5) is 31.6. The molecular weight excluding hydrogens is 440 g/mol. The second kappa shape index (κ2) is 8.71. The smallest absolute Gasteiger partial charge is 0.338 e. The minimum absolute atomic E-state index is 0.209. The zero-order chi connectivity index (χ0) is 22.9. The van der Waals surface area contributed by atoms with Crippen LogP contribution < -0.4 is 24.4 Å². The average Bonchev–Trinajstić information content (AvgIpc) is 3.17. The van der Waals surface area contributed by atoms with Crippen LogP contribution in [0.4, 0.5) is 0 Å². The zero-order valence-corrected chi connectivity index (χ0v) is 19.1. The maximum atomic E-state index is 13.6. The van der Waals surface area contributed by atoms with E-state index in [1.165, 1.54) is 18.4 Å². The number of aromatic nitrogens is 1. The number of hydrogen-bond donors (Lipinski definition) is 0. The fraction of sp³-hybridized carbons (Fsp3) is 0.240. The van der Waals surface area contributed by atoms with Gasteiger partial charge in [0.2, 0.25) is 0 Å². The van der Waals surface area contributed by atoms with E-state index in [9.17, 15) is 9.59 Å². The Kier molecular flexibility index (Phi) is 5.60. The molecule has 0 fully saturated rings. The third-order valence-corrected chi connectivity index (χ3v) is 6.61. The van der Waals surface area contributed by atoms with Crippen molar-refractivity contribution in [3.05, 3.63) is 90.6 Å². The van der Waals surface area contributed by atoms with Crippen molar-refractivity contribution < 1.29 is 19.0 Å². The summed E-state index contributed by atoms with van der Waals surface area (Å²) in [5.74, 6) is 0.871. The molecule has 3 aromatic rings. The average molecular weight is 463 g/mol. The van der Waals surface area contributed by atoms with Gasteiger partial charge >= 0.3 is 5.97 Å². The van der Waals surface area contributed by atoms with Crippen molar-refractivity contribution in [1.82, 2.24) is 4.57 Å². The Morgan fingerprint density at radius 2 is 1.94 bits per heavy atom. The Balaban J connectivity index is 1.71. The number of fused-ring (bicyclic) bond motifs is 2. The van der Waals surface area contributed by atoms with Crippen molar-refractivity contribution in [2.24, 2.45) is 4.99 Å². The van der Waals surface area contributed by atoms with Crippen molar-refractivity contribution >= 4 is 23.4 Å². The number of allylic oxidation sites excluding steroid dienone is 1. The molecule has 2 aromatic carbocycles. The first-order valence-corrected chi connectivity index (χ1v) is 11.5. The largest absolute Gasteiger partial charge is 0.486 e. The topological polar surface area (TPSA) is 79.1 Å². The van der Waals surface area contributed by atoms with Crippen LogP contribution in [0.5, 0.6) is 11.5 Å². The molecule has 0 bridgehead atoms.